The molecular weight excluding hydrogens is 791 g/mol. The first kappa shape index (κ1) is 38.4. The average Bonchev–Trinajstić information content (AvgIpc) is 4.02. The van der Waals surface area contributed by atoms with Crippen molar-refractivity contribution in [2.24, 2.45) is 0 Å². The summed E-state index contributed by atoms with van der Waals surface area (Å²) in [6, 6.07) is 84.6. The van der Waals surface area contributed by atoms with Crippen molar-refractivity contribution in [1.29, 1.82) is 0 Å². The summed E-state index contributed by atoms with van der Waals surface area (Å²) in [6.45, 7) is 6.97. The Kier molecular flexibility index (Phi) is 8.80. The fourth-order valence-electron chi connectivity index (χ4n) is 11.2. The molecule has 2 aliphatic carbocycles. The minimum Gasteiger partial charge on any atom is -0.310 e. The van der Waals surface area contributed by atoms with E-state index in [0.29, 0.717) is 0 Å². The third-order valence-corrected chi connectivity index (χ3v) is 14.9. The van der Waals surface area contributed by atoms with Crippen LogP contribution in [0.5, 0.6) is 0 Å². The summed E-state index contributed by atoms with van der Waals surface area (Å²) >= 11 is 1.80. The van der Waals surface area contributed by atoms with Crippen LogP contribution in [0.3, 0.4) is 0 Å². The first-order valence-corrected chi connectivity index (χ1v) is 23.3. The molecule has 0 saturated heterocycles. The van der Waals surface area contributed by atoms with Crippen LogP contribution in [-0.4, -0.2) is 0 Å². The molecule has 0 N–H and O–H groups in total. The van der Waals surface area contributed by atoms with Crippen molar-refractivity contribution in [2.45, 2.75) is 37.0 Å². The van der Waals surface area contributed by atoms with Gasteiger partial charge in [0, 0.05) is 21.8 Å². The quantitative estimate of drug-likeness (QED) is 0.155. The molecule has 1 nitrogen and oxygen atoms in total. The van der Waals surface area contributed by atoms with Crippen LogP contribution in [0.25, 0.3) is 32.3 Å². The molecule has 64 heavy (non-hydrogen) atoms. The molecule has 306 valence electrons. The standard InChI is InChI=1S/C62H47NS/c1-60(2,3)47-29-33-52-54-35-32-49(40-58(54)62(56(52)38-47,45-22-12-6-13-23-45)46-24-14-7-15-25-46)63(50-30-28-42-36-37-64-59(42)41-50)48-31-34-53-51-26-16-17-27-55(51)61(57(53)39-48,43-18-8-4-9-19-43)44-20-10-5-11-21-44/h4-41H,1-3H3. The maximum absolute atomic E-state index is 2.51. The fourth-order valence-corrected chi connectivity index (χ4v) is 12.0. The molecule has 1 heterocycles. The smallest absolute Gasteiger partial charge is 0.0714 e. The Morgan fingerprint density at radius 1 is 0.359 bits per heavy atom. The van der Waals surface area contributed by atoms with Gasteiger partial charge in [-0.25, -0.2) is 0 Å². The van der Waals surface area contributed by atoms with Crippen LogP contribution in [0.15, 0.2) is 230 Å². The topological polar surface area (TPSA) is 3.24 Å². The summed E-state index contributed by atoms with van der Waals surface area (Å²) in [4.78, 5) is 2.51. The second-order valence-corrected chi connectivity index (χ2v) is 19.4. The monoisotopic (exact) mass is 837 g/mol. The number of nitrogens with zero attached hydrogens (tertiary/aromatic N) is 1. The van der Waals surface area contributed by atoms with Crippen LogP contribution in [-0.2, 0) is 16.2 Å². The van der Waals surface area contributed by atoms with E-state index in [2.05, 4.69) is 256 Å². The van der Waals surface area contributed by atoms with E-state index in [1.807, 2.05) is 0 Å². The van der Waals surface area contributed by atoms with Gasteiger partial charge in [-0.05, 0) is 131 Å². The van der Waals surface area contributed by atoms with Crippen molar-refractivity contribution in [3.8, 4) is 22.3 Å². The number of hydrogen-bond acceptors (Lipinski definition) is 2. The van der Waals surface area contributed by atoms with Gasteiger partial charge < -0.3 is 4.90 Å². The lowest BCUT2D eigenvalue weighted by Gasteiger charge is -2.36. The van der Waals surface area contributed by atoms with Gasteiger partial charge in [-0.3, -0.25) is 0 Å². The first-order chi connectivity index (χ1) is 31.4. The molecule has 0 aliphatic heterocycles. The molecule has 9 aromatic carbocycles. The Bertz CT molecular complexity index is 3280. The Morgan fingerprint density at radius 3 is 1.28 bits per heavy atom. The summed E-state index contributed by atoms with van der Waals surface area (Å²) in [6.07, 6.45) is 0. The summed E-state index contributed by atoms with van der Waals surface area (Å²) < 4.78 is 1.27. The molecule has 0 unspecified atom stereocenters. The van der Waals surface area contributed by atoms with Crippen LogP contribution >= 0.6 is 11.3 Å². The highest BCUT2D eigenvalue weighted by Gasteiger charge is 2.48. The molecule has 0 atom stereocenters. The zero-order valence-electron chi connectivity index (χ0n) is 36.3. The molecule has 2 aliphatic rings. The zero-order chi connectivity index (χ0) is 43.0. The first-order valence-electron chi connectivity index (χ1n) is 22.4. The second-order valence-electron chi connectivity index (χ2n) is 18.5. The summed E-state index contributed by atoms with van der Waals surface area (Å²) in [5.41, 5.74) is 19.0. The molecule has 1 aromatic heterocycles. The maximum atomic E-state index is 2.51. The van der Waals surface area contributed by atoms with Gasteiger partial charge in [-0.2, -0.15) is 0 Å². The third kappa shape index (κ3) is 5.62. The predicted octanol–water partition coefficient (Wildman–Crippen LogP) is 16.4. The number of hydrogen-bond donors (Lipinski definition) is 0. The summed E-state index contributed by atoms with van der Waals surface area (Å²) in [5, 5.41) is 3.46. The number of benzene rings is 9. The molecule has 0 saturated carbocycles. The van der Waals surface area contributed by atoms with Gasteiger partial charge in [0.25, 0.3) is 0 Å². The largest absolute Gasteiger partial charge is 0.310 e. The van der Waals surface area contributed by atoms with Crippen molar-refractivity contribution >= 4 is 38.5 Å². The van der Waals surface area contributed by atoms with E-state index in [4.69, 9.17) is 0 Å². The Hall–Kier alpha value is -7.26. The van der Waals surface area contributed by atoms with Gasteiger partial charge >= 0.3 is 0 Å². The SMILES string of the molecule is CC(C)(C)c1ccc2c(c1)C(c1ccccc1)(c1ccccc1)c1cc(N(c3ccc4c(c3)C(c3ccccc3)(c3ccccc3)c3ccccc3-4)c3ccc4ccsc4c3)ccc1-2. The molecular formula is C62H47NS. The molecule has 0 amide bonds. The molecule has 0 bridgehead atoms. The highest BCUT2D eigenvalue weighted by molar-refractivity contribution is 7.17. The predicted molar refractivity (Wildman–Crippen MR) is 270 cm³/mol. The number of fused-ring (bicyclic) bond motifs is 7. The molecule has 0 fully saturated rings. The van der Waals surface area contributed by atoms with E-state index in [1.165, 1.54) is 82.4 Å². The molecule has 12 rings (SSSR count). The molecule has 0 radical (unpaired) electrons. The normalized spacial score (nSPS) is 14.1. The van der Waals surface area contributed by atoms with Crippen molar-refractivity contribution < 1.29 is 0 Å². The lowest BCUT2D eigenvalue weighted by Crippen LogP contribution is -2.29. The van der Waals surface area contributed by atoms with E-state index in [1.54, 1.807) is 11.3 Å². The van der Waals surface area contributed by atoms with E-state index in [9.17, 15) is 0 Å². The van der Waals surface area contributed by atoms with E-state index < -0.39 is 10.8 Å². The van der Waals surface area contributed by atoms with Crippen molar-refractivity contribution in [1.82, 2.24) is 0 Å². The van der Waals surface area contributed by atoms with E-state index in [0.717, 1.165) is 17.1 Å². The number of thiophene rings is 1. The summed E-state index contributed by atoms with van der Waals surface area (Å²) in [5.74, 6) is 0. The average molecular weight is 838 g/mol. The fraction of sp³-hybridized carbons (Fsp3) is 0.0968. The van der Waals surface area contributed by atoms with Crippen LogP contribution in [0.4, 0.5) is 17.1 Å². The Labute approximate surface area is 380 Å². The van der Waals surface area contributed by atoms with E-state index in [-0.39, 0.29) is 5.41 Å². The Morgan fingerprint density at radius 2 is 0.766 bits per heavy atom. The molecule has 0 spiro atoms. The van der Waals surface area contributed by atoms with Crippen molar-refractivity contribution in [2.75, 3.05) is 4.90 Å². The molecule has 2 heteroatoms. The molecule has 10 aromatic rings. The van der Waals surface area contributed by atoms with Crippen molar-refractivity contribution in [3.05, 3.63) is 280 Å². The second kappa shape index (κ2) is 14.7. The van der Waals surface area contributed by atoms with Gasteiger partial charge in [0.1, 0.15) is 0 Å². The lowest BCUT2D eigenvalue weighted by atomic mass is 9.67. The number of rotatable bonds is 7. The van der Waals surface area contributed by atoms with Gasteiger partial charge in [-0.15, -0.1) is 11.3 Å². The van der Waals surface area contributed by atoms with E-state index >= 15 is 0 Å². The van der Waals surface area contributed by atoms with Gasteiger partial charge in [0.05, 0.1) is 10.8 Å². The highest BCUT2D eigenvalue weighted by atomic mass is 32.1. The van der Waals surface area contributed by atoms with Gasteiger partial charge in [0.2, 0.25) is 0 Å². The van der Waals surface area contributed by atoms with Crippen LogP contribution < -0.4 is 4.90 Å². The maximum Gasteiger partial charge on any atom is 0.0714 e. The van der Waals surface area contributed by atoms with Gasteiger partial charge in [0.15, 0.2) is 0 Å². The minimum atomic E-state index is -0.552. The highest BCUT2D eigenvalue weighted by Crippen LogP contribution is 2.60. The van der Waals surface area contributed by atoms with Gasteiger partial charge in [-0.1, -0.05) is 203 Å². The Balaban J connectivity index is 1.15. The minimum absolute atomic E-state index is 0.0206. The number of anilines is 3. The van der Waals surface area contributed by atoms with Crippen molar-refractivity contribution in [3.63, 3.8) is 0 Å². The summed E-state index contributed by atoms with van der Waals surface area (Å²) in [7, 11) is 0. The zero-order valence-corrected chi connectivity index (χ0v) is 37.1. The van der Waals surface area contributed by atoms with Crippen LogP contribution in [0.1, 0.15) is 70.8 Å². The van der Waals surface area contributed by atoms with Crippen LogP contribution in [0, 0.1) is 0 Å². The van der Waals surface area contributed by atoms with Crippen LogP contribution in [0.2, 0.25) is 0 Å². The lowest BCUT2D eigenvalue weighted by molar-refractivity contribution is 0.588. The third-order valence-electron chi connectivity index (χ3n) is 14.1.